The third-order valence-corrected chi connectivity index (χ3v) is 5.70. The highest BCUT2D eigenvalue weighted by Crippen LogP contribution is 2.41. The number of nitro groups is 1. The maximum Gasteiger partial charge on any atom is 0.294 e. The molecule has 2 amide bonds. The topological polar surface area (TPSA) is 92.6 Å². The molecule has 1 N–H and O–H groups in total. The molecule has 0 aromatic heterocycles. The SMILES string of the molecule is O=C1[C@@H]2CCCC[C@H]2C(=O)N1c1ccc(NCc2ccccc2F)c([N+](=O)[O-])c1. The molecule has 0 unspecified atom stereocenters. The summed E-state index contributed by atoms with van der Waals surface area (Å²) in [4.78, 5) is 37.6. The lowest BCUT2D eigenvalue weighted by atomic mass is 9.81. The summed E-state index contributed by atoms with van der Waals surface area (Å²) in [5.41, 5.74) is 0.505. The van der Waals surface area contributed by atoms with Crippen molar-refractivity contribution in [1.82, 2.24) is 0 Å². The highest BCUT2D eigenvalue weighted by Gasteiger charge is 2.49. The van der Waals surface area contributed by atoms with Crippen molar-refractivity contribution in [3.8, 4) is 0 Å². The van der Waals surface area contributed by atoms with Crippen LogP contribution < -0.4 is 10.2 Å². The number of benzene rings is 2. The lowest BCUT2D eigenvalue weighted by molar-refractivity contribution is -0.383. The number of carbonyl (C=O) groups is 2. The number of fused-ring (bicyclic) bond motifs is 1. The molecule has 0 bridgehead atoms. The lowest BCUT2D eigenvalue weighted by Gasteiger charge is -2.19. The van der Waals surface area contributed by atoms with Crippen molar-refractivity contribution in [3.05, 3.63) is 64.0 Å². The predicted octanol–water partition coefficient (Wildman–Crippen LogP) is 4.03. The number of carbonyl (C=O) groups excluding carboxylic acids is 2. The summed E-state index contributed by atoms with van der Waals surface area (Å²) in [5.74, 6) is -1.61. The van der Waals surface area contributed by atoms with Crippen molar-refractivity contribution in [1.29, 1.82) is 0 Å². The molecule has 7 nitrogen and oxygen atoms in total. The Morgan fingerprint density at radius 2 is 1.72 bits per heavy atom. The molecular formula is C21H20FN3O4. The fourth-order valence-electron chi connectivity index (χ4n) is 4.21. The molecule has 2 atom stereocenters. The van der Waals surface area contributed by atoms with Gasteiger partial charge in [-0.05, 0) is 31.0 Å². The summed E-state index contributed by atoms with van der Waals surface area (Å²) in [6, 6.07) is 10.4. The third kappa shape index (κ3) is 3.46. The average Bonchev–Trinajstić information content (AvgIpc) is 2.98. The van der Waals surface area contributed by atoms with Crippen LogP contribution in [-0.2, 0) is 16.1 Å². The predicted molar refractivity (Wildman–Crippen MR) is 105 cm³/mol. The Hall–Kier alpha value is -3.29. The van der Waals surface area contributed by atoms with Crippen LogP contribution in [0.2, 0.25) is 0 Å². The minimum absolute atomic E-state index is 0.0680. The maximum absolute atomic E-state index is 13.8. The summed E-state index contributed by atoms with van der Waals surface area (Å²) < 4.78 is 13.8. The minimum Gasteiger partial charge on any atom is -0.375 e. The number of amides is 2. The van der Waals surface area contributed by atoms with Crippen LogP contribution in [0.15, 0.2) is 42.5 Å². The summed E-state index contributed by atoms with van der Waals surface area (Å²) in [6.45, 7) is 0.0680. The molecule has 150 valence electrons. The van der Waals surface area contributed by atoms with Crippen molar-refractivity contribution in [2.45, 2.75) is 32.2 Å². The van der Waals surface area contributed by atoms with Gasteiger partial charge in [0.2, 0.25) is 11.8 Å². The van der Waals surface area contributed by atoms with E-state index >= 15 is 0 Å². The zero-order valence-electron chi connectivity index (χ0n) is 15.6. The Balaban J connectivity index is 1.61. The van der Waals surface area contributed by atoms with Gasteiger partial charge in [-0.2, -0.15) is 0 Å². The normalized spacial score (nSPS) is 21.2. The molecule has 8 heteroatoms. The molecule has 1 saturated heterocycles. The molecule has 1 heterocycles. The van der Waals surface area contributed by atoms with Crippen LogP contribution in [0.25, 0.3) is 0 Å². The second-order valence-corrected chi connectivity index (χ2v) is 7.41. The molecule has 0 radical (unpaired) electrons. The van der Waals surface area contributed by atoms with Gasteiger partial charge in [-0.1, -0.05) is 31.0 Å². The molecule has 2 aromatic rings. The highest BCUT2D eigenvalue weighted by atomic mass is 19.1. The first-order valence-corrected chi connectivity index (χ1v) is 9.61. The van der Waals surface area contributed by atoms with E-state index in [4.69, 9.17) is 0 Å². The third-order valence-electron chi connectivity index (χ3n) is 5.70. The van der Waals surface area contributed by atoms with E-state index in [0.29, 0.717) is 18.4 Å². The van der Waals surface area contributed by atoms with E-state index in [1.54, 1.807) is 18.2 Å². The second kappa shape index (κ2) is 7.62. The van der Waals surface area contributed by atoms with Crippen molar-refractivity contribution in [3.63, 3.8) is 0 Å². The van der Waals surface area contributed by atoms with Gasteiger partial charge in [-0.25, -0.2) is 9.29 Å². The van der Waals surface area contributed by atoms with Gasteiger partial charge in [0.15, 0.2) is 0 Å². The first kappa shape index (κ1) is 19.0. The van der Waals surface area contributed by atoms with Crippen molar-refractivity contribution in [2.75, 3.05) is 10.2 Å². The van der Waals surface area contributed by atoms with Crippen LogP contribution >= 0.6 is 0 Å². The van der Waals surface area contributed by atoms with Gasteiger partial charge in [-0.15, -0.1) is 0 Å². The van der Waals surface area contributed by atoms with Gasteiger partial charge >= 0.3 is 0 Å². The Labute approximate surface area is 166 Å². The maximum atomic E-state index is 13.8. The number of anilines is 2. The number of nitrogens with zero attached hydrogens (tertiary/aromatic N) is 2. The molecule has 1 aliphatic carbocycles. The number of rotatable bonds is 5. The fraction of sp³-hybridized carbons (Fsp3) is 0.333. The number of nitro benzene ring substituents is 1. The zero-order valence-corrected chi connectivity index (χ0v) is 15.6. The zero-order chi connectivity index (χ0) is 20.5. The van der Waals surface area contributed by atoms with Gasteiger partial charge < -0.3 is 5.32 Å². The molecule has 1 aliphatic heterocycles. The molecule has 2 fully saturated rings. The summed E-state index contributed by atoms with van der Waals surface area (Å²) in [6.07, 6.45) is 3.17. The largest absolute Gasteiger partial charge is 0.375 e. The van der Waals surface area contributed by atoms with E-state index in [-0.39, 0.29) is 47.3 Å². The number of hydrogen-bond donors (Lipinski definition) is 1. The molecule has 1 saturated carbocycles. The van der Waals surface area contributed by atoms with Gasteiger partial charge in [-0.3, -0.25) is 19.7 Å². The number of nitrogens with one attached hydrogen (secondary N) is 1. The Bertz CT molecular complexity index is 970. The monoisotopic (exact) mass is 397 g/mol. The standard InChI is InChI=1S/C21H20FN3O4/c22-17-8-4-1-5-13(17)12-23-18-10-9-14(11-19(18)25(28)29)24-20(26)15-6-2-3-7-16(15)21(24)27/h1,4-5,8-11,15-16,23H,2-3,6-7,12H2/t15-,16-/m1/s1. The van der Waals surface area contributed by atoms with Gasteiger partial charge in [0.25, 0.3) is 5.69 Å². The molecule has 29 heavy (non-hydrogen) atoms. The Morgan fingerprint density at radius 1 is 1.07 bits per heavy atom. The van der Waals surface area contributed by atoms with Crippen LogP contribution in [0.3, 0.4) is 0 Å². The quantitative estimate of drug-likeness (QED) is 0.467. The van der Waals surface area contributed by atoms with Crippen LogP contribution in [-0.4, -0.2) is 16.7 Å². The Kier molecular flexibility index (Phi) is 5.00. The van der Waals surface area contributed by atoms with Crippen molar-refractivity contribution < 1.29 is 18.9 Å². The smallest absolute Gasteiger partial charge is 0.294 e. The molecule has 4 rings (SSSR count). The molecule has 2 aromatic carbocycles. The van der Waals surface area contributed by atoms with Crippen LogP contribution in [0, 0.1) is 27.8 Å². The fourth-order valence-corrected chi connectivity index (χ4v) is 4.21. The summed E-state index contributed by atoms with van der Waals surface area (Å²) >= 11 is 0. The van der Waals surface area contributed by atoms with Crippen LogP contribution in [0.5, 0.6) is 0 Å². The minimum atomic E-state index is -0.578. The highest BCUT2D eigenvalue weighted by molar-refractivity contribution is 6.22. The van der Waals surface area contributed by atoms with Crippen molar-refractivity contribution in [2.24, 2.45) is 11.8 Å². The Morgan fingerprint density at radius 3 is 2.34 bits per heavy atom. The summed E-state index contributed by atoms with van der Waals surface area (Å²) in [7, 11) is 0. The number of imide groups is 1. The van der Waals surface area contributed by atoms with Crippen molar-refractivity contribution >= 4 is 28.9 Å². The van der Waals surface area contributed by atoms with Crippen LogP contribution in [0.4, 0.5) is 21.5 Å². The number of halogens is 1. The van der Waals surface area contributed by atoms with Gasteiger partial charge in [0.05, 0.1) is 22.4 Å². The molecule has 0 spiro atoms. The molecular weight excluding hydrogens is 377 g/mol. The van der Waals surface area contributed by atoms with E-state index < -0.39 is 10.7 Å². The van der Waals surface area contributed by atoms with Gasteiger partial charge in [0, 0.05) is 18.2 Å². The van der Waals surface area contributed by atoms with Gasteiger partial charge in [0.1, 0.15) is 11.5 Å². The average molecular weight is 397 g/mol. The summed E-state index contributed by atoms with van der Waals surface area (Å²) in [5, 5.41) is 14.5. The first-order chi connectivity index (χ1) is 14.0. The van der Waals surface area contributed by atoms with Crippen LogP contribution in [0.1, 0.15) is 31.2 Å². The number of hydrogen-bond acceptors (Lipinski definition) is 5. The van der Waals surface area contributed by atoms with E-state index in [9.17, 15) is 24.1 Å². The van der Waals surface area contributed by atoms with E-state index in [1.165, 1.54) is 24.3 Å². The molecule has 2 aliphatic rings. The first-order valence-electron chi connectivity index (χ1n) is 9.61. The van der Waals surface area contributed by atoms with E-state index in [1.807, 2.05) is 0 Å². The second-order valence-electron chi connectivity index (χ2n) is 7.41. The van der Waals surface area contributed by atoms with E-state index in [2.05, 4.69) is 5.32 Å². The lowest BCUT2D eigenvalue weighted by Crippen LogP contribution is -2.30. The van der Waals surface area contributed by atoms with E-state index in [0.717, 1.165) is 17.7 Å².